The predicted molar refractivity (Wildman–Crippen MR) is 131 cm³/mol. The fourth-order valence-electron chi connectivity index (χ4n) is 3.88. The third kappa shape index (κ3) is 6.12. The zero-order valence-corrected chi connectivity index (χ0v) is 19.7. The van der Waals surface area contributed by atoms with Gasteiger partial charge < -0.3 is 19.5 Å². The summed E-state index contributed by atoms with van der Waals surface area (Å²) < 4.78 is 17.0. The second kappa shape index (κ2) is 11.8. The number of benzene rings is 2. The van der Waals surface area contributed by atoms with E-state index in [4.69, 9.17) is 14.2 Å². The van der Waals surface area contributed by atoms with E-state index >= 15 is 0 Å². The van der Waals surface area contributed by atoms with Gasteiger partial charge in [0.15, 0.2) is 5.06 Å². The van der Waals surface area contributed by atoms with Gasteiger partial charge in [-0.15, -0.1) is 11.3 Å². The van der Waals surface area contributed by atoms with Gasteiger partial charge in [-0.3, -0.25) is 4.90 Å². The van der Waals surface area contributed by atoms with Gasteiger partial charge in [-0.1, -0.05) is 36.4 Å². The van der Waals surface area contributed by atoms with Crippen LogP contribution in [0.5, 0.6) is 10.8 Å². The van der Waals surface area contributed by atoms with Crippen LogP contribution in [-0.4, -0.2) is 51.4 Å². The summed E-state index contributed by atoms with van der Waals surface area (Å²) in [5.41, 5.74) is 4.63. The van der Waals surface area contributed by atoms with Gasteiger partial charge in [0.1, 0.15) is 24.0 Å². The first kappa shape index (κ1) is 23.3. The van der Waals surface area contributed by atoms with E-state index in [0.29, 0.717) is 17.2 Å². The maximum absolute atomic E-state index is 9.74. The van der Waals surface area contributed by atoms with Crippen molar-refractivity contribution in [2.24, 2.45) is 0 Å². The Hall–Kier alpha value is -2.89. The van der Waals surface area contributed by atoms with Crippen molar-refractivity contribution in [2.45, 2.75) is 13.2 Å². The maximum Gasteiger partial charge on any atom is 0.192 e. The Morgan fingerprint density at radius 1 is 1.15 bits per heavy atom. The molecule has 7 heteroatoms. The fraction of sp³-hybridized carbons (Fsp3) is 0.346. The number of hydrogen-bond donors (Lipinski definition) is 1. The molecule has 2 heterocycles. The van der Waals surface area contributed by atoms with E-state index in [9.17, 15) is 5.26 Å². The Kier molecular flexibility index (Phi) is 8.34. The van der Waals surface area contributed by atoms with Crippen LogP contribution in [0.1, 0.15) is 16.7 Å². The molecule has 6 nitrogen and oxygen atoms in total. The van der Waals surface area contributed by atoms with Crippen molar-refractivity contribution in [3.05, 3.63) is 70.6 Å². The van der Waals surface area contributed by atoms with Gasteiger partial charge in [-0.2, -0.15) is 5.26 Å². The van der Waals surface area contributed by atoms with Crippen molar-refractivity contribution in [1.29, 1.82) is 5.26 Å². The molecular formula is C26H29N3O3S. The molecule has 3 aromatic rings. The molecule has 0 saturated carbocycles. The molecular weight excluding hydrogens is 434 g/mol. The zero-order chi connectivity index (χ0) is 22.9. The average molecular weight is 464 g/mol. The van der Waals surface area contributed by atoms with Crippen LogP contribution in [0, 0.1) is 11.3 Å². The highest BCUT2D eigenvalue weighted by molar-refractivity contribution is 7.12. The number of nitrogens with one attached hydrogen (secondary N) is 1. The minimum atomic E-state index is 0.341. The van der Waals surface area contributed by atoms with Crippen molar-refractivity contribution in [3.8, 4) is 28.0 Å². The van der Waals surface area contributed by atoms with Crippen molar-refractivity contribution >= 4 is 11.3 Å². The first-order chi connectivity index (χ1) is 16.3. The Labute approximate surface area is 199 Å². The van der Waals surface area contributed by atoms with Crippen molar-refractivity contribution in [3.63, 3.8) is 0 Å². The summed E-state index contributed by atoms with van der Waals surface area (Å²) in [5.74, 6) is 0.783. The smallest absolute Gasteiger partial charge is 0.192 e. The Morgan fingerprint density at radius 2 is 1.97 bits per heavy atom. The van der Waals surface area contributed by atoms with Gasteiger partial charge in [-0.25, -0.2) is 0 Å². The molecule has 33 heavy (non-hydrogen) atoms. The van der Waals surface area contributed by atoms with E-state index in [1.807, 2.05) is 41.8 Å². The molecule has 172 valence electrons. The van der Waals surface area contributed by atoms with E-state index in [0.717, 1.165) is 68.4 Å². The lowest BCUT2D eigenvalue weighted by atomic mass is 10.1. The summed E-state index contributed by atoms with van der Waals surface area (Å²) in [6.45, 7) is 6.74. The number of methoxy groups -OCH3 is 1. The molecule has 0 spiro atoms. The fourth-order valence-corrected chi connectivity index (χ4v) is 4.75. The number of nitrogens with zero attached hydrogens (tertiary/aromatic N) is 2. The van der Waals surface area contributed by atoms with Crippen LogP contribution in [0.25, 0.3) is 11.1 Å². The highest BCUT2D eigenvalue weighted by atomic mass is 32.1. The van der Waals surface area contributed by atoms with Crippen molar-refractivity contribution < 1.29 is 14.2 Å². The number of hydrogen-bond acceptors (Lipinski definition) is 7. The van der Waals surface area contributed by atoms with Crippen LogP contribution >= 0.6 is 11.3 Å². The van der Waals surface area contributed by atoms with E-state index in [2.05, 4.69) is 28.4 Å². The van der Waals surface area contributed by atoms with Gasteiger partial charge in [0.25, 0.3) is 0 Å². The summed E-state index contributed by atoms with van der Waals surface area (Å²) in [7, 11) is 1.67. The third-order valence-corrected chi connectivity index (χ3v) is 6.58. The second-order valence-electron chi connectivity index (χ2n) is 7.86. The minimum absolute atomic E-state index is 0.341. The standard InChI is InChI=1S/C26H29N3O3S/c1-30-25-8-7-20(17-28-9-10-29-11-13-31-14-12-29)15-22(25)18-32-26-23(16-27)24(19-33-26)21-5-3-2-4-6-21/h2-8,15,19,28H,9-14,17-18H2,1H3. The van der Waals surface area contributed by atoms with E-state index in [1.165, 1.54) is 16.9 Å². The molecule has 1 aromatic heterocycles. The van der Waals surface area contributed by atoms with Crippen LogP contribution in [0.3, 0.4) is 0 Å². The molecule has 0 amide bonds. The summed E-state index contributed by atoms with van der Waals surface area (Å²) >= 11 is 1.45. The largest absolute Gasteiger partial charge is 0.496 e. The molecule has 0 bridgehead atoms. The van der Waals surface area contributed by atoms with Gasteiger partial charge in [0, 0.05) is 49.2 Å². The number of rotatable bonds is 10. The number of nitriles is 1. The van der Waals surface area contributed by atoms with Crippen molar-refractivity contribution in [1.82, 2.24) is 10.2 Å². The number of thiophene rings is 1. The lowest BCUT2D eigenvalue weighted by Crippen LogP contribution is -2.40. The lowest BCUT2D eigenvalue weighted by Gasteiger charge is -2.26. The molecule has 0 unspecified atom stereocenters. The summed E-state index contributed by atoms with van der Waals surface area (Å²) in [6, 6.07) is 18.4. The van der Waals surface area contributed by atoms with Gasteiger partial charge in [0.2, 0.25) is 0 Å². The lowest BCUT2D eigenvalue weighted by molar-refractivity contribution is 0.0384. The first-order valence-corrected chi connectivity index (χ1v) is 12.0. The molecule has 1 N–H and O–H groups in total. The third-order valence-electron chi connectivity index (χ3n) is 5.70. The molecule has 0 aliphatic carbocycles. The number of ether oxygens (including phenoxy) is 3. The monoisotopic (exact) mass is 463 g/mol. The normalized spacial score (nSPS) is 14.1. The average Bonchev–Trinajstić information content (AvgIpc) is 3.29. The molecule has 2 aromatic carbocycles. The predicted octanol–water partition coefficient (Wildman–Crippen LogP) is 4.30. The molecule has 0 atom stereocenters. The zero-order valence-electron chi connectivity index (χ0n) is 18.9. The van der Waals surface area contributed by atoms with Gasteiger partial charge in [-0.05, 0) is 23.3 Å². The molecule has 1 aliphatic rings. The Morgan fingerprint density at radius 3 is 2.73 bits per heavy atom. The maximum atomic E-state index is 9.74. The molecule has 4 rings (SSSR count). The van der Waals surface area contributed by atoms with Crippen LogP contribution in [0.2, 0.25) is 0 Å². The van der Waals surface area contributed by atoms with E-state index in [-0.39, 0.29) is 0 Å². The Balaban J connectivity index is 1.37. The molecule has 1 aliphatic heterocycles. The van der Waals surface area contributed by atoms with Gasteiger partial charge >= 0.3 is 0 Å². The Bertz CT molecular complexity index is 1070. The first-order valence-electron chi connectivity index (χ1n) is 11.1. The highest BCUT2D eigenvalue weighted by Crippen LogP contribution is 2.37. The molecule has 0 radical (unpaired) electrons. The van der Waals surface area contributed by atoms with Crippen molar-refractivity contribution in [2.75, 3.05) is 46.5 Å². The SMILES string of the molecule is COc1ccc(CNCCN2CCOCC2)cc1COc1scc(-c2ccccc2)c1C#N. The molecule has 1 fully saturated rings. The van der Waals surface area contributed by atoms with Gasteiger partial charge in [0.05, 0.1) is 20.3 Å². The summed E-state index contributed by atoms with van der Waals surface area (Å²) in [6.07, 6.45) is 0. The van der Waals surface area contributed by atoms with Crippen LogP contribution in [-0.2, 0) is 17.9 Å². The van der Waals surface area contributed by atoms with Crippen LogP contribution < -0.4 is 14.8 Å². The van der Waals surface area contributed by atoms with Crippen LogP contribution in [0.4, 0.5) is 0 Å². The second-order valence-corrected chi connectivity index (χ2v) is 8.70. The topological polar surface area (TPSA) is 66.8 Å². The van der Waals surface area contributed by atoms with Crippen LogP contribution in [0.15, 0.2) is 53.9 Å². The van der Waals surface area contributed by atoms with E-state index in [1.54, 1.807) is 7.11 Å². The molecule has 1 saturated heterocycles. The minimum Gasteiger partial charge on any atom is -0.496 e. The van der Waals surface area contributed by atoms with E-state index < -0.39 is 0 Å². The highest BCUT2D eigenvalue weighted by Gasteiger charge is 2.15. The number of morpholine rings is 1. The summed E-state index contributed by atoms with van der Waals surface area (Å²) in [4.78, 5) is 2.42. The summed E-state index contributed by atoms with van der Waals surface area (Å²) in [5, 5.41) is 15.9. The quantitative estimate of drug-likeness (QED) is 0.453.